The lowest BCUT2D eigenvalue weighted by atomic mass is 9.87. The van der Waals surface area contributed by atoms with Gasteiger partial charge in [-0.25, -0.2) is 0 Å². The first kappa shape index (κ1) is 22.4. The van der Waals surface area contributed by atoms with Gasteiger partial charge in [0.25, 0.3) is 0 Å². The summed E-state index contributed by atoms with van der Waals surface area (Å²) in [6, 6.07) is 19.1. The second kappa shape index (κ2) is 9.27. The van der Waals surface area contributed by atoms with Crippen LogP contribution in [-0.2, 0) is 5.41 Å². The molecule has 0 spiro atoms. The van der Waals surface area contributed by atoms with Crippen molar-refractivity contribution in [3.63, 3.8) is 0 Å². The number of ketones is 1. The summed E-state index contributed by atoms with van der Waals surface area (Å²) in [4.78, 5) is 23.4. The van der Waals surface area contributed by atoms with Gasteiger partial charge in [0.15, 0.2) is 5.78 Å². The third-order valence-corrected chi connectivity index (χ3v) is 5.16. The van der Waals surface area contributed by atoms with Crippen molar-refractivity contribution >= 4 is 33.5 Å². The lowest BCUT2D eigenvalue weighted by Gasteiger charge is -2.19. The van der Waals surface area contributed by atoms with E-state index in [0.717, 1.165) is 10.0 Å². The largest absolute Gasteiger partial charge is 0.450 e. The standard InChI is InChI=1S/C25H22BrNO4/c1-25(2,3)19-9-11-21(12-10-19)31-24-14-8-17(15-22(24)27(29)30)7-13-23(28)18-5-4-6-20(26)16-18/h4-16H,1-3H3. The first-order valence-corrected chi connectivity index (χ1v) is 10.5. The number of nitro benzene ring substituents is 1. The Morgan fingerprint density at radius 1 is 1.03 bits per heavy atom. The van der Waals surface area contributed by atoms with Crippen LogP contribution in [0.25, 0.3) is 6.08 Å². The van der Waals surface area contributed by atoms with Crippen molar-refractivity contribution in [2.45, 2.75) is 26.2 Å². The quantitative estimate of drug-likeness (QED) is 0.160. The van der Waals surface area contributed by atoms with E-state index in [-0.39, 0.29) is 22.6 Å². The molecule has 3 aromatic carbocycles. The van der Waals surface area contributed by atoms with Gasteiger partial charge in [0.05, 0.1) is 4.92 Å². The number of benzene rings is 3. The number of hydrogen-bond acceptors (Lipinski definition) is 4. The molecule has 0 heterocycles. The molecule has 3 aromatic rings. The molecule has 5 nitrogen and oxygen atoms in total. The van der Waals surface area contributed by atoms with E-state index in [1.54, 1.807) is 48.5 Å². The molecule has 3 rings (SSSR count). The molecule has 0 amide bonds. The third kappa shape index (κ3) is 5.89. The second-order valence-corrected chi connectivity index (χ2v) is 8.98. The molecule has 0 bridgehead atoms. The number of rotatable bonds is 6. The summed E-state index contributed by atoms with van der Waals surface area (Å²) in [7, 11) is 0. The molecule has 0 unspecified atom stereocenters. The van der Waals surface area contributed by atoms with E-state index in [2.05, 4.69) is 36.7 Å². The van der Waals surface area contributed by atoms with Crippen molar-refractivity contribution < 1.29 is 14.5 Å². The Balaban J connectivity index is 1.81. The van der Waals surface area contributed by atoms with Gasteiger partial charge in [-0.1, -0.05) is 73.1 Å². The molecule has 0 aromatic heterocycles. The fourth-order valence-corrected chi connectivity index (χ4v) is 3.33. The van der Waals surface area contributed by atoms with Crippen molar-refractivity contribution in [1.82, 2.24) is 0 Å². The van der Waals surface area contributed by atoms with Gasteiger partial charge >= 0.3 is 5.69 Å². The highest BCUT2D eigenvalue weighted by Crippen LogP contribution is 2.33. The minimum absolute atomic E-state index is 0.00573. The van der Waals surface area contributed by atoms with Crippen LogP contribution in [0, 0.1) is 10.1 Å². The Hall–Kier alpha value is -3.25. The zero-order chi connectivity index (χ0) is 22.6. The van der Waals surface area contributed by atoms with Crippen LogP contribution in [0.3, 0.4) is 0 Å². The number of ether oxygens (including phenoxy) is 1. The van der Waals surface area contributed by atoms with Gasteiger partial charge in [0, 0.05) is 16.1 Å². The van der Waals surface area contributed by atoms with Crippen LogP contribution >= 0.6 is 15.9 Å². The number of nitrogens with zero attached hydrogens (tertiary/aromatic N) is 1. The van der Waals surface area contributed by atoms with Crippen LogP contribution in [0.1, 0.15) is 42.3 Å². The fourth-order valence-electron chi connectivity index (χ4n) is 2.93. The number of hydrogen-bond donors (Lipinski definition) is 0. The summed E-state index contributed by atoms with van der Waals surface area (Å²) in [6.45, 7) is 6.34. The monoisotopic (exact) mass is 479 g/mol. The van der Waals surface area contributed by atoms with Crippen molar-refractivity contribution in [3.05, 3.63) is 104 Å². The Kier molecular flexibility index (Phi) is 6.71. The van der Waals surface area contributed by atoms with E-state index in [9.17, 15) is 14.9 Å². The molecule has 0 radical (unpaired) electrons. The van der Waals surface area contributed by atoms with Crippen molar-refractivity contribution in [2.24, 2.45) is 0 Å². The number of carbonyl (C=O) groups is 1. The molecule has 6 heteroatoms. The summed E-state index contributed by atoms with van der Waals surface area (Å²) in [5, 5.41) is 11.6. The lowest BCUT2D eigenvalue weighted by molar-refractivity contribution is -0.385. The first-order chi connectivity index (χ1) is 14.6. The highest BCUT2D eigenvalue weighted by atomic mass is 79.9. The van der Waals surface area contributed by atoms with Crippen molar-refractivity contribution in [2.75, 3.05) is 0 Å². The minimum atomic E-state index is -0.494. The molecule has 0 saturated carbocycles. The Labute approximate surface area is 189 Å². The van der Waals surface area contributed by atoms with E-state index in [4.69, 9.17) is 4.74 Å². The van der Waals surface area contributed by atoms with E-state index >= 15 is 0 Å². The topological polar surface area (TPSA) is 69.4 Å². The molecule has 158 valence electrons. The molecule has 0 fully saturated rings. The van der Waals surface area contributed by atoms with E-state index < -0.39 is 4.92 Å². The highest BCUT2D eigenvalue weighted by Gasteiger charge is 2.18. The van der Waals surface area contributed by atoms with Gasteiger partial charge in [0.2, 0.25) is 5.75 Å². The molecular weight excluding hydrogens is 458 g/mol. The van der Waals surface area contributed by atoms with E-state index in [0.29, 0.717) is 16.9 Å². The summed E-state index contributed by atoms with van der Waals surface area (Å²) in [5.74, 6) is 0.469. The number of carbonyl (C=O) groups excluding carboxylic acids is 1. The molecule has 31 heavy (non-hydrogen) atoms. The number of halogens is 1. The lowest BCUT2D eigenvalue weighted by Crippen LogP contribution is -2.10. The van der Waals surface area contributed by atoms with Crippen molar-refractivity contribution in [3.8, 4) is 11.5 Å². The Morgan fingerprint density at radius 3 is 2.35 bits per heavy atom. The maximum atomic E-state index is 12.3. The van der Waals surface area contributed by atoms with Gasteiger partial charge < -0.3 is 4.74 Å². The smallest absolute Gasteiger partial charge is 0.312 e. The van der Waals surface area contributed by atoms with Gasteiger partial charge in [-0.3, -0.25) is 14.9 Å². The molecule has 0 atom stereocenters. The summed E-state index contributed by atoms with van der Waals surface area (Å²) in [6.07, 6.45) is 2.95. The zero-order valence-electron chi connectivity index (χ0n) is 17.5. The summed E-state index contributed by atoms with van der Waals surface area (Å²) < 4.78 is 6.57. The van der Waals surface area contributed by atoms with Gasteiger partial charge in [0.1, 0.15) is 5.75 Å². The molecule has 0 N–H and O–H groups in total. The molecule has 0 aliphatic carbocycles. The normalized spacial score (nSPS) is 11.5. The minimum Gasteiger partial charge on any atom is -0.450 e. The van der Waals surface area contributed by atoms with Crippen LogP contribution in [0.2, 0.25) is 0 Å². The molecule has 0 aliphatic heterocycles. The van der Waals surface area contributed by atoms with Crippen molar-refractivity contribution in [1.29, 1.82) is 0 Å². The average molecular weight is 480 g/mol. The van der Waals surface area contributed by atoms with E-state index in [1.807, 2.05) is 18.2 Å². The van der Waals surface area contributed by atoms with Crippen LogP contribution in [0.4, 0.5) is 5.69 Å². The van der Waals surface area contributed by atoms with Crippen LogP contribution in [0.15, 0.2) is 77.3 Å². The maximum Gasteiger partial charge on any atom is 0.312 e. The van der Waals surface area contributed by atoms with Crippen LogP contribution < -0.4 is 4.74 Å². The molecular formula is C25H22BrNO4. The highest BCUT2D eigenvalue weighted by molar-refractivity contribution is 9.10. The van der Waals surface area contributed by atoms with E-state index in [1.165, 1.54) is 12.1 Å². The summed E-state index contributed by atoms with van der Waals surface area (Å²) in [5.41, 5.74) is 2.04. The summed E-state index contributed by atoms with van der Waals surface area (Å²) >= 11 is 3.34. The molecule has 0 aliphatic rings. The Bertz CT molecular complexity index is 1140. The SMILES string of the molecule is CC(C)(C)c1ccc(Oc2ccc(C=CC(=O)c3cccc(Br)c3)cc2[N+](=O)[O-])cc1. The predicted octanol–water partition coefficient (Wildman–Crippen LogP) is 7.34. The fraction of sp³-hybridized carbons (Fsp3) is 0.160. The second-order valence-electron chi connectivity index (χ2n) is 8.07. The third-order valence-electron chi connectivity index (χ3n) is 4.66. The number of allylic oxidation sites excluding steroid dienone is 1. The zero-order valence-corrected chi connectivity index (χ0v) is 19.0. The average Bonchev–Trinajstić information content (AvgIpc) is 2.72. The molecule has 0 saturated heterocycles. The first-order valence-electron chi connectivity index (χ1n) is 9.68. The van der Waals surface area contributed by atoms with Gasteiger partial charge in [-0.15, -0.1) is 0 Å². The van der Waals surface area contributed by atoms with Crippen LogP contribution in [-0.4, -0.2) is 10.7 Å². The predicted molar refractivity (Wildman–Crippen MR) is 126 cm³/mol. The number of nitro groups is 1. The van der Waals surface area contributed by atoms with Gasteiger partial charge in [-0.2, -0.15) is 0 Å². The maximum absolute atomic E-state index is 12.3. The van der Waals surface area contributed by atoms with Gasteiger partial charge in [-0.05, 0) is 52.9 Å². The Morgan fingerprint density at radius 2 is 1.74 bits per heavy atom. The van der Waals surface area contributed by atoms with Crippen LogP contribution in [0.5, 0.6) is 11.5 Å².